The number of benzene rings is 2. The number of Topliss-reactive ketones (excluding diaryl/α,β-unsaturated/α-hetero) is 1. The van der Waals surface area contributed by atoms with Crippen molar-refractivity contribution in [1.29, 1.82) is 0 Å². The molecule has 0 bridgehead atoms. The summed E-state index contributed by atoms with van der Waals surface area (Å²) in [5, 5.41) is 0. The van der Waals surface area contributed by atoms with Crippen molar-refractivity contribution >= 4 is 17.9 Å². The molecule has 0 saturated heterocycles. The molecule has 1 saturated carbocycles. The largest absolute Gasteiger partial charge is 0.496 e. The van der Waals surface area contributed by atoms with Crippen LogP contribution in [-0.2, 0) is 4.79 Å². The lowest BCUT2D eigenvalue weighted by molar-refractivity contribution is -0.112. The van der Waals surface area contributed by atoms with E-state index >= 15 is 0 Å². The van der Waals surface area contributed by atoms with Crippen LogP contribution in [0.2, 0.25) is 0 Å². The number of carbonyl (C=O) groups is 1. The van der Waals surface area contributed by atoms with Gasteiger partial charge in [0.15, 0.2) is 17.3 Å². The fourth-order valence-corrected chi connectivity index (χ4v) is 3.30. The molecule has 27 heavy (non-hydrogen) atoms. The first kappa shape index (κ1) is 18.8. The highest BCUT2D eigenvalue weighted by Crippen LogP contribution is 2.32. The number of ether oxygens (including phenoxy) is 3. The lowest BCUT2D eigenvalue weighted by Gasteiger charge is -2.17. The Morgan fingerprint density at radius 1 is 0.778 bits per heavy atom. The molecular formula is C23H24O4. The van der Waals surface area contributed by atoms with Crippen molar-refractivity contribution in [2.75, 3.05) is 21.3 Å². The van der Waals surface area contributed by atoms with Gasteiger partial charge in [-0.15, -0.1) is 0 Å². The topological polar surface area (TPSA) is 44.8 Å². The van der Waals surface area contributed by atoms with Gasteiger partial charge in [0.2, 0.25) is 0 Å². The Labute approximate surface area is 160 Å². The SMILES string of the molecule is COc1ccccc1/C=C1\CCC/C(=C\c2ccc(OC)c(OC)c2)C1=O. The van der Waals surface area contributed by atoms with Crippen LogP contribution in [0.15, 0.2) is 53.6 Å². The van der Waals surface area contributed by atoms with E-state index in [1.165, 1.54) is 0 Å². The Balaban J connectivity index is 1.91. The molecule has 0 aliphatic heterocycles. The van der Waals surface area contributed by atoms with Crippen LogP contribution in [0.3, 0.4) is 0 Å². The minimum atomic E-state index is 0.0990. The van der Waals surface area contributed by atoms with Gasteiger partial charge in [0.1, 0.15) is 5.75 Å². The second kappa shape index (κ2) is 8.58. The molecular weight excluding hydrogens is 340 g/mol. The molecule has 0 spiro atoms. The van der Waals surface area contributed by atoms with Gasteiger partial charge in [0, 0.05) is 16.7 Å². The van der Waals surface area contributed by atoms with Gasteiger partial charge in [0.05, 0.1) is 21.3 Å². The Morgan fingerprint density at radius 3 is 2.15 bits per heavy atom. The van der Waals surface area contributed by atoms with E-state index < -0.39 is 0 Å². The van der Waals surface area contributed by atoms with Gasteiger partial charge in [-0.1, -0.05) is 24.3 Å². The zero-order valence-corrected chi connectivity index (χ0v) is 16.0. The third kappa shape index (κ3) is 4.22. The monoisotopic (exact) mass is 364 g/mol. The molecule has 0 atom stereocenters. The van der Waals surface area contributed by atoms with E-state index in [0.717, 1.165) is 47.3 Å². The van der Waals surface area contributed by atoms with Gasteiger partial charge >= 0.3 is 0 Å². The van der Waals surface area contributed by atoms with Gasteiger partial charge in [0.25, 0.3) is 0 Å². The number of carbonyl (C=O) groups excluding carboxylic acids is 1. The van der Waals surface area contributed by atoms with Gasteiger partial charge in [-0.3, -0.25) is 4.79 Å². The molecule has 0 radical (unpaired) electrons. The molecule has 0 N–H and O–H groups in total. The fourth-order valence-electron chi connectivity index (χ4n) is 3.30. The predicted molar refractivity (Wildman–Crippen MR) is 107 cm³/mol. The van der Waals surface area contributed by atoms with Crippen molar-refractivity contribution in [3.05, 3.63) is 64.7 Å². The van der Waals surface area contributed by atoms with Crippen LogP contribution in [0.25, 0.3) is 12.2 Å². The smallest absolute Gasteiger partial charge is 0.185 e. The van der Waals surface area contributed by atoms with Crippen LogP contribution in [-0.4, -0.2) is 27.1 Å². The molecule has 0 aromatic heterocycles. The van der Waals surface area contributed by atoms with E-state index in [-0.39, 0.29) is 5.78 Å². The Bertz CT molecular complexity index is 893. The number of allylic oxidation sites excluding steroid dienone is 2. The molecule has 3 rings (SSSR count). The molecule has 2 aromatic rings. The molecule has 0 heterocycles. The van der Waals surface area contributed by atoms with Crippen LogP contribution in [0.5, 0.6) is 17.2 Å². The molecule has 4 heteroatoms. The molecule has 1 fully saturated rings. The average Bonchev–Trinajstić information content (AvgIpc) is 2.71. The van der Waals surface area contributed by atoms with Crippen molar-refractivity contribution < 1.29 is 19.0 Å². The summed E-state index contributed by atoms with van der Waals surface area (Å²) in [5.74, 6) is 2.20. The number of hydrogen-bond acceptors (Lipinski definition) is 4. The predicted octanol–water partition coefficient (Wildman–Crippen LogP) is 4.93. The van der Waals surface area contributed by atoms with E-state index in [1.54, 1.807) is 21.3 Å². The summed E-state index contributed by atoms with van der Waals surface area (Å²) >= 11 is 0. The van der Waals surface area contributed by atoms with Crippen LogP contribution < -0.4 is 14.2 Å². The summed E-state index contributed by atoms with van der Waals surface area (Å²) in [6, 6.07) is 13.4. The summed E-state index contributed by atoms with van der Waals surface area (Å²) in [7, 11) is 4.85. The molecule has 4 nitrogen and oxygen atoms in total. The second-order valence-electron chi connectivity index (χ2n) is 6.38. The van der Waals surface area contributed by atoms with Crippen LogP contribution in [0.4, 0.5) is 0 Å². The van der Waals surface area contributed by atoms with E-state index in [2.05, 4.69) is 0 Å². The highest BCUT2D eigenvalue weighted by Gasteiger charge is 2.21. The van der Waals surface area contributed by atoms with Gasteiger partial charge in [-0.05, 0) is 55.2 Å². The summed E-state index contributed by atoms with van der Waals surface area (Å²) < 4.78 is 16.0. The van der Waals surface area contributed by atoms with Crippen molar-refractivity contribution in [2.24, 2.45) is 0 Å². The van der Waals surface area contributed by atoms with Gasteiger partial charge in [-0.2, -0.15) is 0 Å². The van der Waals surface area contributed by atoms with Crippen LogP contribution in [0, 0.1) is 0 Å². The highest BCUT2D eigenvalue weighted by molar-refractivity contribution is 6.14. The maximum absolute atomic E-state index is 13.0. The van der Waals surface area contributed by atoms with Crippen LogP contribution in [0.1, 0.15) is 30.4 Å². The van der Waals surface area contributed by atoms with Crippen molar-refractivity contribution in [2.45, 2.75) is 19.3 Å². The summed E-state index contributed by atoms with van der Waals surface area (Å²) in [4.78, 5) is 13.0. The maximum Gasteiger partial charge on any atom is 0.185 e. The standard InChI is InChI=1S/C23H24O4/c1-25-20-10-5-4-7-17(20)15-19-9-6-8-18(23(19)24)13-16-11-12-21(26-2)22(14-16)27-3/h4-5,7,10-15H,6,8-9H2,1-3H3/b18-13+,19-15+. The zero-order chi connectivity index (χ0) is 19.2. The minimum Gasteiger partial charge on any atom is -0.496 e. The first-order valence-corrected chi connectivity index (χ1v) is 8.97. The van der Waals surface area contributed by atoms with Gasteiger partial charge < -0.3 is 14.2 Å². The number of ketones is 1. The van der Waals surface area contributed by atoms with Crippen LogP contribution >= 0.6 is 0 Å². The molecule has 0 unspecified atom stereocenters. The Hall–Kier alpha value is -3.01. The van der Waals surface area contributed by atoms with Gasteiger partial charge in [-0.25, -0.2) is 0 Å². The fraction of sp³-hybridized carbons (Fsp3) is 0.261. The number of hydrogen-bond donors (Lipinski definition) is 0. The first-order valence-electron chi connectivity index (χ1n) is 8.97. The molecule has 1 aliphatic carbocycles. The average molecular weight is 364 g/mol. The zero-order valence-electron chi connectivity index (χ0n) is 16.0. The summed E-state index contributed by atoms with van der Waals surface area (Å²) in [6.45, 7) is 0. The molecule has 2 aromatic carbocycles. The normalized spacial score (nSPS) is 17.2. The number of para-hydroxylation sites is 1. The molecule has 0 amide bonds. The summed E-state index contributed by atoms with van der Waals surface area (Å²) in [6.07, 6.45) is 6.39. The lowest BCUT2D eigenvalue weighted by atomic mass is 9.86. The van der Waals surface area contributed by atoms with E-state index in [1.807, 2.05) is 54.6 Å². The van der Waals surface area contributed by atoms with Crippen molar-refractivity contribution in [3.8, 4) is 17.2 Å². The number of methoxy groups -OCH3 is 3. The second-order valence-corrected chi connectivity index (χ2v) is 6.38. The van der Waals surface area contributed by atoms with Crippen molar-refractivity contribution in [3.63, 3.8) is 0 Å². The molecule has 140 valence electrons. The minimum absolute atomic E-state index is 0.0990. The molecule has 1 aliphatic rings. The third-order valence-electron chi connectivity index (χ3n) is 4.69. The van der Waals surface area contributed by atoms with Crippen molar-refractivity contribution in [1.82, 2.24) is 0 Å². The highest BCUT2D eigenvalue weighted by atomic mass is 16.5. The van der Waals surface area contributed by atoms with E-state index in [9.17, 15) is 4.79 Å². The first-order chi connectivity index (χ1) is 13.2. The lowest BCUT2D eigenvalue weighted by Crippen LogP contribution is -2.12. The third-order valence-corrected chi connectivity index (χ3v) is 4.69. The van der Waals surface area contributed by atoms with E-state index in [0.29, 0.717) is 11.5 Å². The quantitative estimate of drug-likeness (QED) is 0.706. The Morgan fingerprint density at radius 2 is 1.44 bits per heavy atom. The van der Waals surface area contributed by atoms with E-state index in [4.69, 9.17) is 14.2 Å². The Kier molecular flexibility index (Phi) is 5.97. The maximum atomic E-state index is 13.0. The summed E-state index contributed by atoms with van der Waals surface area (Å²) in [5.41, 5.74) is 3.48. The number of rotatable bonds is 5.